The van der Waals surface area contributed by atoms with Gasteiger partial charge in [0.05, 0.1) is 0 Å². The van der Waals surface area contributed by atoms with Crippen LogP contribution >= 0.6 is 0 Å². The number of nitrogens with zero attached hydrogens (tertiary/aromatic N) is 2. The Morgan fingerprint density at radius 1 is 1.48 bits per heavy atom. The largest absolute Gasteiger partial charge is 0.461 e. The molecule has 0 unspecified atom stereocenters. The average molecular weight is 289 g/mol. The van der Waals surface area contributed by atoms with Gasteiger partial charge in [-0.1, -0.05) is 6.07 Å². The quantitative estimate of drug-likeness (QED) is 0.857. The van der Waals surface area contributed by atoms with Crippen LogP contribution in [0, 0.1) is 12.8 Å². The summed E-state index contributed by atoms with van der Waals surface area (Å²) in [5.74, 6) is 1.45. The Morgan fingerprint density at radius 3 is 3.05 bits per heavy atom. The molecule has 0 aromatic carbocycles. The molecule has 0 saturated carbocycles. The zero-order valence-electron chi connectivity index (χ0n) is 12.7. The number of hydrogen-bond donors (Lipinski definition) is 1. The third-order valence-corrected chi connectivity index (χ3v) is 4.36. The van der Waals surface area contributed by atoms with E-state index in [9.17, 15) is 4.79 Å². The van der Waals surface area contributed by atoms with E-state index in [1.807, 2.05) is 32.0 Å². The van der Waals surface area contributed by atoms with Crippen molar-refractivity contribution in [1.82, 2.24) is 9.88 Å². The van der Waals surface area contributed by atoms with Crippen molar-refractivity contribution in [3.8, 4) is 0 Å². The highest BCUT2D eigenvalue weighted by atomic mass is 16.6. The van der Waals surface area contributed by atoms with Crippen LogP contribution in [0.25, 0.3) is 0 Å². The maximum Gasteiger partial charge on any atom is 0.323 e. The molecular formula is C16H23N3O2. The number of anilines is 1. The van der Waals surface area contributed by atoms with E-state index in [-0.39, 0.29) is 18.1 Å². The zero-order valence-corrected chi connectivity index (χ0v) is 12.7. The van der Waals surface area contributed by atoms with Gasteiger partial charge in [-0.15, -0.1) is 0 Å². The minimum absolute atomic E-state index is 0.0258. The summed E-state index contributed by atoms with van der Waals surface area (Å²) in [7, 11) is 0. The number of aryl methyl sites for hydroxylation is 1. The molecule has 0 spiro atoms. The Kier molecular flexibility index (Phi) is 4.10. The summed E-state index contributed by atoms with van der Waals surface area (Å²) in [5.41, 5.74) is 1.02. The van der Waals surface area contributed by atoms with Crippen molar-refractivity contribution < 1.29 is 9.53 Å². The summed E-state index contributed by atoms with van der Waals surface area (Å²) in [6.07, 6.45) is 2.02. The minimum atomic E-state index is -0.0449. The standard InChI is InChI=1S/C16H23N3O2/c1-11-4-3-5-15(18-11)17-9-13-6-7-19(10-13)14-8-12(2)21-16(14)20/h3-5,12-14H,6-10H2,1-2H3,(H,17,18)/t12-,13-,14+/m0/s1. The van der Waals surface area contributed by atoms with Gasteiger partial charge in [0.25, 0.3) is 0 Å². The highest BCUT2D eigenvalue weighted by Gasteiger charge is 2.39. The number of ether oxygens (including phenoxy) is 1. The molecule has 0 aliphatic carbocycles. The Bertz CT molecular complexity index is 520. The number of esters is 1. The second kappa shape index (κ2) is 6.02. The van der Waals surface area contributed by atoms with Crippen LogP contribution in [-0.4, -0.2) is 47.6 Å². The number of cyclic esters (lactones) is 1. The van der Waals surface area contributed by atoms with Crippen molar-refractivity contribution in [3.63, 3.8) is 0 Å². The smallest absolute Gasteiger partial charge is 0.323 e. The fourth-order valence-electron chi connectivity index (χ4n) is 3.24. The Balaban J connectivity index is 1.50. The first-order valence-corrected chi connectivity index (χ1v) is 7.74. The van der Waals surface area contributed by atoms with E-state index >= 15 is 0 Å². The van der Waals surface area contributed by atoms with Gasteiger partial charge in [0.2, 0.25) is 0 Å². The molecule has 0 radical (unpaired) electrons. The van der Waals surface area contributed by atoms with Crippen molar-refractivity contribution in [2.75, 3.05) is 25.0 Å². The summed E-state index contributed by atoms with van der Waals surface area (Å²) < 4.78 is 5.26. The fourth-order valence-corrected chi connectivity index (χ4v) is 3.24. The molecule has 2 saturated heterocycles. The van der Waals surface area contributed by atoms with Gasteiger partial charge in [0.1, 0.15) is 18.0 Å². The highest BCUT2D eigenvalue weighted by Crippen LogP contribution is 2.26. The molecule has 5 heteroatoms. The van der Waals surface area contributed by atoms with E-state index in [0.29, 0.717) is 5.92 Å². The van der Waals surface area contributed by atoms with Crippen molar-refractivity contribution in [1.29, 1.82) is 0 Å². The van der Waals surface area contributed by atoms with E-state index < -0.39 is 0 Å². The molecule has 1 aromatic heterocycles. The van der Waals surface area contributed by atoms with E-state index in [0.717, 1.165) is 44.0 Å². The maximum absolute atomic E-state index is 11.8. The number of hydrogen-bond acceptors (Lipinski definition) is 5. The summed E-state index contributed by atoms with van der Waals surface area (Å²) >= 11 is 0. The van der Waals surface area contributed by atoms with Crippen LogP contribution in [0.15, 0.2) is 18.2 Å². The number of carbonyl (C=O) groups excluding carboxylic acids is 1. The van der Waals surface area contributed by atoms with Gasteiger partial charge in [-0.2, -0.15) is 0 Å². The Labute approximate surface area is 125 Å². The van der Waals surface area contributed by atoms with Crippen LogP contribution in [0.2, 0.25) is 0 Å². The molecule has 1 aromatic rings. The number of likely N-dealkylation sites (tertiary alicyclic amines) is 1. The summed E-state index contributed by atoms with van der Waals surface area (Å²) in [4.78, 5) is 18.5. The molecule has 1 N–H and O–H groups in total. The van der Waals surface area contributed by atoms with Gasteiger partial charge in [-0.25, -0.2) is 4.98 Å². The molecule has 2 aliphatic rings. The van der Waals surface area contributed by atoms with Crippen molar-refractivity contribution >= 4 is 11.8 Å². The first kappa shape index (κ1) is 14.3. The lowest BCUT2D eigenvalue weighted by molar-refractivity contribution is -0.144. The van der Waals surface area contributed by atoms with Gasteiger partial charge in [0, 0.05) is 25.2 Å². The van der Waals surface area contributed by atoms with Crippen LogP contribution in [0.1, 0.15) is 25.5 Å². The van der Waals surface area contributed by atoms with Gasteiger partial charge >= 0.3 is 5.97 Å². The molecule has 21 heavy (non-hydrogen) atoms. The Morgan fingerprint density at radius 2 is 2.33 bits per heavy atom. The van der Waals surface area contributed by atoms with Gasteiger partial charge in [-0.3, -0.25) is 9.69 Å². The first-order valence-electron chi connectivity index (χ1n) is 7.74. The van der Waals surface area contributed by atoms with E-state index in [1.54, 1.807) is 0 Å². The predicted octanol–water partition coefficient (Wildman–Crippen LogP) is 1.83. The second-order valence-electron chi connectivity index (χ2n) is 6.19. The van der Waals surface area contributed by atoms with Crippen LogP contribution in [0.4, 0.5) is 5.82 Å². The van der Waals surface area contributed by atoms with Crippen LogP contribution in [0.5, 0.6) is 0 Å². The maximum atomic E-state index is 11.8. The lowest BCUT2D eigenvalue weighted by Crippen LogP contribution is -2.37. The third kappa shape index (κ3) is 3.35. The number of pyridine rings is 1. The van der Waals surface area contributed by atoms with E-state index in [1.165, 1.54) is 0 Å². The molecule has 5 nitrogen and oxygen atoms in total. The predicted molar refractivity (Wildman–Crippen MR) is 81.1 cm³/mol. The van der Waals surface area contributed by atoms with Gasteiger partial charge in [-0.05, 0) is 44.9 Å². The summed E-state index contributed by atoms with van der Waals surface area (Å²) in [6.45, 7) is 6.82. The van der Waals surface area contributed by atoms with Crippen molar-refractivity contribution in [2.24, 2.45) is 5.92 Å². The fraction of sp³-hybridized carbons (Fsp3) is 0.625. The summed E-state index contributed by atoms with van der Waals surface area (Å²) in [5, 5.41) is 3.40. The van der Waals surface area contributed by atoms with Gasteiger partial charge in [0.15, 0.2) is 0 Å². The topological polar surface area (TPSA) is 54.5 Å². The average Bonchev–Trinajstić information content (AvgIpc) is 3.03. The second-order valence-corrected chi connectivity index (χ2v) is 6.19. The normalized spacial score (nSPS) is 29.6. The highest BCUT2D eigenvalue weighted by molar-refractivity contribution is 5.78. The monoisotopic (exact) mass is 289 g/mol. The number of carbonyl (C=O) groups is 1. The molecule has 3 rings (SSSR count). The first-order chi connectivity index (χ1) is 10.1. The van der Waals surface area contributed by atoms with E-state index in [4.69, 9.17) is 4.74 Å². The van der Waals surface area contributed by atoms with Crippen molar-refractivity contribution in [2.45, 2.75) is 38.8 Å². The molecule has 2 fully saturated rings. The van der Waals surface area contributed by atoms with Gasteiger partial charge < -0.3 is 10.1 Å². The zero-order chi connectivity index (χ0) is 14.8. The number of rotatable bonds is 4. The molecule has 0 bridgehead atoms. The minimum Gasteiger partial charge on any atom is -0.461 e. The molecule has 114 valence electrons. The number of nitrogens with one attached hydrogen (secondary N) is 1. The molecule has 3 heterocycles. The van der Waals surface area contributed by atoms with Crippen LogP contribution < -0.4 is 5.32 Å². The SMILES string of the molecule is Cc1cccc(NC[C@@H]2CCN([C@@H]3C[C@H](C)OC3=O)C2)n1. The van der Waals surface area contributed by atoms with Crippen molar-refractivity contribution in [3.05, 3.63) is 23.9 Å². The van der Waals surface area contributed by atoms with E-state index in [2.05, 4.69) is 15.2 Å². The molecular weight excluding hydrogens is 266 g/mol. The van der Waals surface area contributed by atoms with Crippen LogP contribution in [0.3, 0.4) is 0 Å². The molecule has 0 amide bonds. The molecule has 2 aliphatic heterocycles. The molecule has 3 atom stereocenters. The lowest BCUT2D eigenvalue weighted by Gasteiger charge is -2.20. The lowest BCUT2D eigenvalue weighted by atomic mass is 10.1. The third-order valence-electron chi connectivity index (χ3n) is 4.36. The number of aromatic nitrogens is 1. The Hall–Kier alpha value is -1.62. The van der Waals surface area contributed by atoms with Crippen LogP contribution in [-0.2, 0) is 9.53 Å². The summed E-state index contributed by atoms with van der Waals surface area (Å²) in [6, 6.07) is 5.98.